The molecule has 3 N–H and O–H groups in total. The van der Waals surface area contributed by atoms with E-state index in [9.17, 15) is 9.59 Å². The molecule has 4 heterocycles. The zero-order valence-electron chi connectivity index (χ0n) is 16.4. The van der Waals surface area contributed by atoms with E-state index in [2.05, 4.69) is 31.8 Å². The van der Waals surface area contributed by atoms with Gasteiger partial charge in [0.15, 0.2) is 0 Å². The van der Waals surface area contributed by atoms with Gasteiger partial charge in [0.2, 0.25) is 5.91 Å². The Labute approximate surface area is 165 Å². The second kappa shape index (κ2) is 8.48. The number of likely N-dealkylation sites (tertiary alicyclic amines) is 1. The number of piperidine rings is 1. The van der Waals surface area contributed by atoms with Crippen molar-refractivity contribution < 1.29 is 14.3 Å². The minimum atomic E-state index is -0.0482. The summed E-state index contributed by atoms with van der Waals surface area (Å²) in [7, 11) is 0. The average Bonchev–Trinajstić information content (AvgIpc) is 3.37. The molecule has 0 aliphatic carbocycles. The fourth-order valence-corrected chi connectivity index (χ4v) is 4.61. The fourth-order valence-electron chi connectivity index (χ4n) is 4.61. The summed E-state index contributed by atoms with van der Waals surface area (Å²) in [6, 6.07) is 2.05. The molecule has 0 saturated carbocycles. The zero-order valence-corrected chi connectivity index (χ0v) is 16.4. The molecule has 4 rings (SSSR count). The number of nitrogens with zero attached hydrogens (tertiary/aromatic N) is 3. The first-order valence-corrected chi connectivity index (χ1v) is 10.2. The van der Waals surface area contributed by atoms with Crippen molar-refractivity contribution in [3.63, 3.8) is 0 Å². The molecule has 0 aromatic carbocycles. The Morgan fingerprint density at radius 3 is 3.07 bits per heavy atom. The van der Waals surface area contributed by atoms with E-state index < -0.39 is 0 Å². The van der Waals surface area contributed by atoms with E-state index in [1.54, 1.807) is 4.90 Å². The molecular weight excluding hydrogens is 360 g/mol. The van der Waals surface area contributed by atoms with E-state index in [4.69, 9.17) is 4.74 Å². The number of aryl methyl sites for hydroxylation is 1. The van der Waals surface area contributed by atoms with Crippen LogP contribution in [0.3, 0.4) is 0 Å². The van der Waals surface area contributed by atoms with Crippen LogP contribution in [-0.2, 0) is 16.1 Å². The number of hydrogen-bond donors (Lipinski definition) is 3. The first kappa shape index (κ1) is 19.2. The Bertz CT molecular complexity index is 708. The molecule has 3 atom stereocenters. The molecular formula is C19H30N6O3. The van der Waals surface area contributed by atoms with Gasteiger partial charge in [-0.2, -0.15) is 5.10 Å². The molecule has 3 fully saturated rings. The van der Waals surface area contributed by atoms with Crippen LogP contribution >= 0.6 is 0 Å². The molecule has 1 aromatic heterocycles. The molecule has 1 aromatic rings. The maximum atomic E-state index is 12.3. The van der Waals surface area contributed by atoms with Crippen LogP contribution in [0, 0.1) is 18.8 Å². The first-order valence-electron chi connectivity index (χ1n) is 10.2. The number of ether oxygens (including phenoxy) is 1. The van der Waals surface area contributed by atoms with Crippen molar-refractivity contribution in [3.8, 4) is 0 Å². The van der Waals surface area contributed by atoms with Crippen LogP contribution in [0.1, 0.15) is 24.2 Å². The van der Waals surface area contributed by atoms with Crippen LogP contribution in [0.15, 0.2) is 6.07 Å². The largest absolute Gasteiger partial charge is 0.377 e. The summed E-state index contributed by atoms with van der Waals surface area (Å²) in [5.74, 6) is 0.951. The van der Waals surface area contributed by atoms with Crippen molar-refractivity contribution in [2.45, 2.75) is 32.4 Å². The first-order chi connectivity index (χ1) is 13.6. The van der Waals surface area contributed by atoms with E-state index in [0.717, 1.165) is 44.0 Å². The lowest BCUT2D eigenvalue weighted by Gasteiger charge is -2.35. The maximum absolute atomic E-state index is 12.3. The summed E-state index contributed by atoms with van der Waals surface area (Å²) in [6.07, 6.45) is 1.47. The highest BCUT2D eigenvalue weighted by atomic mass is 16.5. The highest BCUT2D eigenvalue weighted by Crippen LogP contribution is 2.36. The number of aromatic nitrogens is 2. The van der Waals surface area contributed by atoms with Gasteiger partial charge in [0.05, 0.1) is 24.8 Å². The molecule has 28 heavy (non-hydrogen) atoms. The van der Waals surface area contributed by atoms with Crippen molar-refractivity contribution in [3.05, 3.63) is 17.5 Å². The molecule has 0 spiro atoms. The number of rotatable bonds is 7. The lowest BCUT2D eigenvalue weighted by molar-refractivity contribution is -0.123. The number of amides is 3. The lowest BCUT2D eigenvalue weighted by atomic mass is 9.83. The van der Waals surface area contributed by atoms with Crippen molar-refractivity contribution >= 4 is 11.9 Å². The molecule has 9 heteroatoms. The number of H-pyrrole nitrogens is 1. The van der Waals surface area contributed by atoms with Gasteiger partial charge in [0.1, 0.15) is 0 Å². The fraction of sp³-hybridized carbons (Fsp3) is 0.737. The van der Waals surface area contributed by atoms with E-state index in [1.807, 2.05) is 6.92 Å². The molecule has 3 aliphatic heterocycles. The second-order valence-corrected chi connectivity index (χ2v) is 8.13. The Morgan fingerprint density at radius 1 is 1.43 bits per heavy atom. The third kappa shape index (κ3) is 4.47. The number of urea groups is 1. The van der Waals surface area contributed by atoms with E-state index in [1.165, 1.54) is 0 Å². The van der Waals surface area contributed by atoms with Crippen LogP contribution in [0.5, 0.6) is 0 Å². The molecule has 3 amide bonds. The van der Waals surface area contributed by atoms with Crippen molar-refractivity contribution in [2.75, 3.05) is 45.9 Å². The molecule has 3 aliphatic rings. The predicted octanol–water partition coefficient (Wildman–Crippen LogP) is 0.0865. The van der Waals surface area contributed by atoms with E-state index in [0.29, 0.717) is 44.4 Å². The van der Waals surface area contributed by atoms with Gasteiger partial charge in [0.25, 0.3) is 0 Å². The highest BCUT2D eigenvalue weighted by Gasteiger charge is 2.41. The second-order valence-electron chi connectivity index (χ2n) is 8.13. The van der Waals surface area contributed by atoms with Gasteiger partial charge in [-0.25, -0.2) is 4.79 Å². The summed E-state index contributed by atoms with van der Waals surface area (Å²) in [5.41, 5.74) is 2.17. The summed E-state index contributed by atoms with van der Waals surface area (Å²) < 4.78 is 5.99. The van der Waals surface area contributed by atoms with Gasteiger partial charge in [-0.1, -0.05) is 0 Å². The third-order valence-electron chi connectivity index (χ3n) is 6.06. The number of aromatic amines is 1. The number of nitrogens with one attached hydrogen (secondary N) is 3. The monoisotopic (exact) mass is 390 g/mol. The summed E-state index contributed by atoms with van der Waals surface area (Å²) in [4.78, 5) is 28.0. The van der Waals surface area contributed by atoms with Gasteiger partial charge in [-0.05, 0) is 31.9 Å². The Balaban J connectivity index is 1.19. The van der Waals surface area contributed by atoms with Gasteiger partial charge >= 0.3 is 6.03 Å². The molecule has 9 nitrogen and oxygen atoms in total. The van der Waals surface area contributed by atoms with E-state index >= 15 is 0 Å². The van der Waals surface area contributed by atoms with Gasteiger partial charge in [-0.15, -0.1) is 0 Å². The summed E-state index contributed by atoms with van der Waals surface area (Å²) in [6.45, 7) is 8.05. The number of carbonyl (C=O) groups excluding carboxylic acids is 2. The Kier molecular flexibility index (Phi) is 5.82. The Hall–Kier alpha value is -2.13. The summed E-state index contributed by atoms with van der Waals surface area (Å²) >= 11 is 0. The molecule has 0 bridgehead atoms. The van der Waals surface area contributed by atoms with Crippen LogP contribution in [-0.4, -0.2) is 83.9 Å². The van der Waals surface area contributed by atoms with Crippen LogP contribution in [0.25, 0.3) is 0 Å². The highest BCUT2D eigenvalue weighted by molar-refractivity contribution is 5.77. The maximum Gasteiger partial charge on any atom is 0.317 e. The standard InChI is InChI=1S/C19H30N6O3/c1-13-8-15(23-22-13)11-24-5-2-16-14(10-24)12-28-17(16)9-18(26)20-3-6-25-7-4-21-19(25)27/h8,14,16-17H,2-7,9-12H2,1H3,(H,20,26)(H,21,27)(H,22,23)/t14-,16-,17+/m1/s1. The number of carbonyl (C=O) groups is 2. The molecule has 3 saturated heterocycles. The smallest absolute Gasteiger partial charge is 0.317 e. The minimum Gasteiger partial charge on any atom is -0.377 e. The number of fused-ring (bicyclic) bond motifs is 1. The van der Waals surface area contributed by atoms with Crippen LogP contribution in [0.2, 0.25) is 0 Å². The van der Waals surface area contributed by atoms with Crippen LogP contribution in [0.4, 0.5) is 4.79 Å². The normalized spacial score (nSPS) is 27.7. The summed E-state index contributed by atoms with van der Waals surface area (Å²) in [5, 5.41) is 13.0. The minimum absolute atomic E-state index is 0.00913. The van der Waals surface area contributed by atoms with Crippen molar-refractivity contribution in [1.82, 2.24) is 30.6 Å². The Morgan fingerprint density at radius 2 is 2.32 bits per heavy atom. The van der Waals surface area contributed by atoms with Crippen molar-refractivity contribution in [2.24, 2.45) is 11.8 Å². The van der Waals surface area contributed by atoms with Gasteiger partial charge in [-0.3, -0.25) is 14.8 Å². The third-order valence-corrected chi connectivity index (χ3v) is 6.06. The zero-order chi connectivity index (χ0) is 19.5. The molecule has 154 valence electrons. The van der Waals surface area contributed by atoms with Crippen molar-refractivity contribution in [1.29, 1.82) is 0 Å². The predicted molar refractivity (Wildman–Crippen MR) is 103 cm³/mol. The van der Waals surface area contributed by atoms with E-state index in [-0.39, 0.29) is 18.0 Å². The lowest BCUT2D eigenvalue weighted by Crippen LogP contribution is -2.42. The van der Waals surface area contributed by atoms with Gasteiger partial charge in [0, 0.05) is 50.9 Å². The quantitative estimate of drug-likeness (QED) is 0.612. The van der Waals surface area contributed by atoms with Gasteiger partial charge < -0.3 is 20.3 Å². The molecule has 0 unspecified atom stereocenters. The van der Waals surface area contributed by atoms with Crippen LogP contribution < -0.4 is 10.6 Å². The average molecular weight is 390 g/mol. The SMILES string of the molecule is Cc1cc(CN2CC[C@@H]3[C@@H](CO[C@H]3CC(=O)NCCN3CCNC3=O)C2)n[nH]1. The number of hydrogen-bond acceptors (Lipinski definition) is 5. The topological polar surface area (TPSA) is 103 Å². The molecule has 0 radical (unpaired) electrons.